The van der Waals surface area contributed by atoms with E-state index in [1.54, 1.807) is 0 Å². The van der Waals surface area contributed by atoms with Crippen LogP contribution in [0, 0.1) is 13.8 Å². The first-order valence-corrected chi connectivity index (χ1v) is 11.9. The van der Waals surface area contributed by atoms with Crippen LogP contribution in [0.5, 0.6) is 0 Å². The summed E-state index contributed by atoms with van der Waals surface area (Å²) in [4.78, 5) is 13.8. The van der Waals surface area contributed by atoms with Gasteiger partial charge in [-0.15, -0.1) is 0 Å². The average Bonchev–Trinajstić information content (AvgIpc) is 3.38. The van der Waals surface area contributed by atoms with E-state index in [0.29, 0.717) is 0 Å². The van der Waals surface area contributed by atoms with Crippen LogP contribution in [0.3, 0.4) is 0 Å². The van der Waals surface area contributed by atoms with Crippen LogP contribution in [-0.4, -0.2) is 15.7 Å². The lowest BCUT2D eigenvalue weighted by molar-refractivity contribution is -0.116. The van der Waals surface area contributed by atoms with Crippen LogP contribution in [0.15, 0.2) is 78.9 Å². The predicted octanol–water partition coefficient (Wildman–Crippen LogP) is 6.01. The third-order valence-electron chi connectivity index (χ3n) is 5.90. The Morgan fingerprint density at radius 3 is 2.22 bits per heavy atom. The molecule has 0 unspecified atom stereocenters. The third-order valence-corrected chi connectivity index (χ3v) is 6.87. The average molecular weight is 440 g/mol. The van der Waals surface area contributed by atoms with Gasteiger partial charge < -0.3 is 5.32 Å². The van der Waals surface area contributed by atoms with Gasteiger partial charge in [0.25, 0.3) is 0 Å². The Hall–Kier alpha value is -3.31. The molecule has 1 aromatic heterocycles. The van der Waals surface area contributed by atoms with E-state index in [1.165, 1.54) is 5.56 Å². The summed E-state index contributed by atoms with van der Waals surface area (Å²) in [7, 11) is 0. The molecule has 0 aliphatic carbocycles. The number of aromatic nitrogens is 2. The first kappa shape index (κ1) is 20.6. The fourth-order valence-corrected chi connectivity index (χ4v) is 5.37. The molecular formula is C27H25N3OS. The van der Waals surface area contributed by atoms with Crippen LogP contribution in [0.1, 0.15) is 39.4 Å². The van der Waals surface area contributed by atoms with Gasteiger partial charge in [-0.2, -0.15) is 16.9 Å². The molecule has 4 aromatic rings. The van der Waals surface area contributed by atoms with Gasteiger partial charge in [0.1, 0.15) is 5.82 Å². The smallest absolute Gasteiger partial charge is 0.237 e. The number of anilines is 1. The van der Waals surface area contributed by atoms with Crippen molar-refractivity contribution in [1.82, 2.24) is 9.78 Å². The van der Waals surface area contributed by atoms with E-state index in [-0.39, 0.29) is 5.91 Å². The third kappa shape index (κ3) is 3.84. The molecule has 1 aliphatic rings. The van der Waals surface area contributed by atoms with Crippen molar-refractivity contribution < 1.29 is 4.79 Å². The normalized spacial score (nSPS) is 12.7. The summed E-state index contributed by atoms with van der Waals surface area (Å²) in [6.45, 7) is 4.18. The molecule has 1 amide bonds. The Kier molecular flexibility index (Phi) is 5.58. The van der Waals surface area contributed by atoms with E-state index in [2.05, 4.69) is 37.4 Å². The molecule has 1 N–H and O–H groups in total. The highest BCUT2D eigenvalue weighted by Gasteiger charge is 2.29. The molecule has 4 nitrogen and oxygen atoms in total. The predicted molar refractivity (Wildman–Crippen MR) is 131 cm³/mol. The van der Waals surface area contributed by atoms with E-state index in [1.807, 2.05) is 77.1 Å². The summed E-state index contributed by atoms with van der Waals surface area (Å²) in [5.41, 5.74) is 7.47. The largest absolute Gasteiger partial charge is 0.309 e. The van der Waals surface area contributed by atoms with Gasteiger partial charge in [0.05, 0.1) is 17.3 Å². The van der Waals surface area contributed by atoms with Crippen LogP contribution < -0.4 is 5.32 Å². The second kappa shape index (κ2) is 8.67. The lowest BCUT2D eigenvalue weighted by Crippen LogP contribution is -2.24. The molecule has 0 atom stereocenters. The number of hydrogen-bond donors (Lipinski definition) is 1. The first-order chi connectivity index (χ1) is 15.6. The zero-order valence-electron chi connectivity index (χ0n) is 18.2. The molecule has 0 spiro atoms. The number of carbonyl (C=O) groups excluding carboxylic acids is 1. The zero-order valence-corrected chi connectivity index (χ0v) is 19.0. The molecular weight excluding hydrogens is 414 g/mol. The quantitative estimate of drug-likeness (QED) is 0.414. The lowest BCUT2D eigenvalue weighted by atomic mass is 9.90. The number of hydrogen-bond acceptors (Lipinski definition) is 3. The van der Waals surface area contributed by atoms with Crippen molar-refractivity contribution >= 4 is 23.5 Å². The highest BCUT2D eigenvalue weighted by Crippen LogP contribution is 2.37. The second-order valence-electron chi connectivity index (χ2n) is 8.21. The summed E-state index contributed by atoms with van der Waals surface area (Å²) in [6, 6.07) is 26.2. The maximum Gasteiger partial charge on any atom is 0.237 e. The number of benzene rings is 3. The van der Waals surface area contributed by atoms with Crippen LogP contribution in [0.4, 0.5) is 5.82 Å². The molecule has 160 valence electrons. The van der Waals surface area contributed by atoms with Gasteiger partial charge in [-0.25, -0.2) is 4.68 Å². The number of rotatable bonds is 5. The van der Waals surface area contributed by atoms with E-state index in [9.17, 15) is 4.79 Å². The van der Waals surface area contributed by atoms with Crippen molar-refractivity contribution in [2.45, 2.75) is 31.3 Å². The van der Waals surface area contributed by atoms with Gasteiger partial charge >= 0.3 is 0 Å². The molecule has 0 saturated carbocycles. The minimum atomic E-state index is -0.399. The number of aryl methyl sites for hydroxylation is 2. The number of amides is 1. The molecule has 0 saturated heterocycles. The second-order valence-corrected chi connectivity index (χ2v) is 9.20. The zero-order chi connectivity index (χ0) is 22.1. The van der Waals surface area contributed by atoms with Crippen LogP contribution in [0.2, 0.25) is 0 Å². The van der Waals surface area contributed by atoms with Crippen molar-refractivity contribution in [2.24, 2.45) is 0 Å². The van der Waals surface area contributed by atoms with Gasteiger partial charge in [0.15, 0.2) is 0 Å². The summed E-state index contributed by atoms with van der Waals surface area (Å²) in [5.74, 6) is 2.07. The van der Waals surface area contributed by atoms with Crippen LogP contribution in [-0.2, 0) is 16.3 Å². The molecule has 1 aliphatic heterocycles. The van der Waals surface area contributed by atoms with Gasteiger partial charge in [0.2, 0.25) is 5.91 Å². The molecule has 0 bridgehead atoms. The minimum Gasteiger partial charge on any atom is -0.309 e. The Morgan fingerprint density at radius 2 is 1.59 bits per heavy atom. The summed E-state index contributed by atoms with van der Waals surface area (Å²) < 4.78 is 1.92. The summed E-state index contributed by atoms with van der Waals surface area (Å²) in [5, 5.41) is 8.17. The standard InChI is InChI=1S/C27H25N3OS/c1-18-13-14-24(19(2)15-18)30-26(22-16-32-17-23(22)29-30)28-27(31)25(20-9-5-3-6-10-20)21-11-7-4-8-12-21/h3-15,25H,16-17H2,1-2H3,(H,28,31). The number of nitrogens with one attached hydrogen (secondary N) is 1. The van der Waals surface area contributed by atoms with E-state index < -0.39 is 5.92 Å². The topological polar surface area (TPSA) is 46.9 Å². The Bertz CT molecular complexity index is 1230. The maximum absolute atomic E-state index is 13.8. The Morgan fingerprint density at radius 1 is 0.938 bits per heavy atom. The van der Waals surface area contributed by atoms with Gasteiger partial charge in [-0.05, 0) is 36.6 Å². The highest BCUT2D eigenvalue weighted by molar-refractivity contribution is 7.98. The van der Waals surface area contributed by atoms with E-state index in [0.717, 1.165) is 51.0 Å². The Labute approximate surface area is 192 Å². The first-order valence-electron chi connectivity index (χ1n) is 10.8. The maximum atomic E-state index is 13.8. The van der Waals surface area contributed by atoms with Crippen molar-refractivity contribution in [3.05, 3.63) is 112 Å². The Balaban J connectivity index is 1.57. The molecule has 5 rings (SSSR count). The SMILES string of the molecule is Cc1ccc(-n2nc3c(c2NC(=O)C(c2ccccc2)c2ccccc2)CSC3)c(C)c1. The monoisotopic (exact) mass is 439 g/mol. The van der Waals surface area contributed by atoms with E-state index in [4.69, 9.17) is 5.10 Å². The number of nitrogens with zero attached hydrogens (tertiary/aromatic N) is 2. The van der Waals surface area contributed by atoms with Gasteiger partial charge in [-0.3, -0.25) is 4.79 Å². The van der Waals surface area contributed by atoms with Crippen molar-refractivity contribution in [1.29, 1.82) is 0 Å². The number of carbonyl (C=O) groups is 1. The van der Waals surface area contributed by atoms with Crippen LogP contribution in [0.25, 0.3) is 5.69 Å². The van der Waals surface area contributed by atoms with E-state index >= 15 is 0 Å². The minimum absolute atomic E-state index is 0.0481. The highest BCUT2D eigenvalue weighted by atomic mass is 32.2. The number of fused-ring (bicyclic) bond motifs is 1. The van der Waals surface area contributed by atoms with Crippen molar-refractivity contribution in [2.75, 3.05) is 5.32 Å². The fraction of sp³-hybridized carbons (Fsp3) is 0.185. The van der Waals surface area contributed by atoms with Gasteiger partial charge in [0, 0.05) is 17.1 Å². The number of thioether (sulfide) groups is 1. The molecule has 0 fully saturated rings. The van der Waals surface area contributed by atoms with Crippen LogP contribution >= 0.6 is 11.8 Å². The molecule has 2 heterocycles. The fourth-order valence-electron chi connectivity index (χ4n) is 4.33. The lowest BCUT2D eigenvalue weighted by Gasteiger charge is -2.19. The molecule has 3 aromatic carbocycles. The summed E-state index contributed by atoms with van der Waals surface area (Å²) in [6.07, 6.45) is 0. The van der Waals surface area contributed by atoms with Gasteiger partial charge in [-0.1, -0.05) is 78.4 Å². The molecule has 5 heteroatoms. The molecule has 32 heavy (non-hydrogen) atoms. The van der Waals surface area contributed by atoms with Crippen molar-refractivity contribution in [3.8, 4) is 5.69 Å². The summed E-state index contributed by atoms with van der Waals surface area (Å²) >= 11 is 1.84. The van der Waals surface area contributed by atoms with Crippen molar-refractivity contribution in [3.63, 3.8) is 0 Å². The molecule has 0 radical (unpaired) electrons.